The van der Waals surface area contributed by atoms with Gasteiger partial charge in [0.15, 0.2) is 5.96 Å². The van der Waals surface area contributed by atoms with E-state index in [1.807, 2.05) is 0 Å². The van der Waals surface area contributed by atoms with E-state index in [0.717, 1.165) is 46.7 Å². The number of pyridine rings is 1. The van der Waals surface area contributed by atoms with Crippen LogP contribution in [-0.4, -0.2) is 24.0 Å². The van der Waals surface area contributed by atoms with Crippen LogP contribution in [0.5, 0.6) is 0 Å². The molecule has 2 heterocycles. The molecule has 1 aliphatic heterocycles. The Hall–Kier alpha value is -0.620. The standard InChI is InChI=1S/C11H12Br2N4/c12-8-6-2-1-3-7(6)16-10(13)9(8)17-11-14-4-5-15-11/h1-5H2,(H2,14,15,17). The molecule has 0 radical (unpaired) electrons. The van der Waals surface area contributed by atoms with Gasteiger partial charge in [-0.15, -0.1) is 0 Å². The van der Waals surface area contributed by atoms with E-state index in [1.54, 1.807) is 0 Å². The lowest BCUT2D eigenvalue weighted by Gasteiger charge is -2.13. The molecule has 1 aliphatic carbocycles. The highest BCUT2D eigenvalue weighted by atomic mass is 79.9. The third-order valence-electron chi connectivity index (χ3n) is 3.03. The van der Waals surface area contributed by atoms with Crippen LogP contribution < -0.4 is 10.6 Å². The van der Waals surface area contributed by atoms with E-state index < -0.39 is 0 Å². The Morgan fingerprint density at radius 2 is 2.12 bits per heavy atom. The molecule has 0 spiro atoms. The van der Waals surface area contributed by atoms with Crippen molar-refractivity contribution in [3.63, 3.8) is 0 Å². The Morgan fingerprint density at radius 1 is 1.24 bits per heavy atom. The van der Waals surface area contributed by atoms with Gasteiger partial charge >= 0.3 is 0 Å². The molecule has 2 N–H and O–H groups in total. The molecule has 0 bridgehead atoms. The maximum absolute atomic E-state index is 4.60. The van der Waals surface area contributed by atoms with Crippen molar-refractivity contribution in [1.82, 2.24) is 10.3 Å². The summed E-state index contributed by atoms with van der Waals surface area (Å²) in [6.45, 7) is 1.73. The lowest BCUT2D eigenvalue weighted by atomic mass is 10.2. The Morgan fingerprint density at radius 3 is 2.88 bits per heavy atom. The third-order valence-corrected chi connectivity index (χ3v) is 4.48. The van der Waals surface area contributed by atoms with Crippen LogP contribution >= 0.6 is 31.9 Å². The molecular weight excluding hydrogens is 348 g/mol. The van der Waals surface area contributed by atoms with Crippen molar-refractivity contribution in [2.75, 3.05) is 18.4 Å². The molecule has 0 atom stereocenters. The summed E-state index contributed by atoms with van der Waals surface area (Å²) in [5, 5.41) is 6.49. The van der Waals surface area contributed by atoms with E-state index in [2.05, 4.69) is 52.5 Å². The van der Waals surface area contributed by atoms with Gasteiger partial charge in [-0.1, -0.05) is 0 Å². The van der Waals surface area contributed by atoms with Gasteiger partial charge in [-0.2, -0.15) is 0 Å². The first-order chi connectivity index (χ1) is 8.25. The van der Waals surface area contributed by atoms with Crippen LogP contribution in [0.4, 0.5) is 5.69 Å². The van der Waals surface area contributed by atoms with E-state index in [4.69, 9.17) is 0 Å². The highest BCUT2D eigenvalue weighted by Crippen LogP contribution is 2.37. The second-order valence-electron chi connectivity index (χ2n) is 4.15. The van der Waals surface area contributed by atoms with Crippen molar-refractivity contribution < 1.29 is 0 Å². The first kappa shape index (κ1) is 11.5. The second kappa shape index (κ2) is 4.57. The summed E-state index contributed by atoms with van der Waals surface area (Å²) in [5.41, 5.74) is 3.50. The number of hydrogen-bond acceptors (Lipinski definition) is 4. The molecule has 3 rings (SSSR count). The minimum absolute atomic E-state index is 0.825. The topological polar surface area (TPSA) is 49.3 Å². The number of halogens is 2. The fraction of sp³-hybridized carbons (Fsp3) is 0.455. The van der Waals surface area contributed by atoms with E-state index in [1.165, 1.54) is 17.7 Å². The van der Waals surface area contributed by atoms with Crippen LogP contribution in [0.25, 0.3) is 0 Å². The van der Waals surface area contributed by atoms with Crippen LogP contribution in [-0.2, 0) is 12.8 Å². The quantitative estimate of drug-likeness (QED) is 0.757. The molecule has 0 amide bonds. The Bertz CT molecular complexity index is 499. The number of fused-ring (bicyclic) bond motifs is 1. The highest BCUT2D eigenvalue weighted by Gasteiger charge is 2.21. The maximum atomic E-state index is 4.60. The van der Waals surface area contributed by atoms with Gasteiger partial charge in [-0.25, -0.2) is 4.98 Å². The molecule has 0 aromatic carbocycles. The average molecular weight is 360 g/mol. The van der Waals surface area contributed by atoms with Crippen LogP contribution in [0.1, 0.15) is 17.7 Å². The normalized spacial score (nSPS) is 17.6. The summed E-state index contributed by atoms with van der Waals surface area (Å²) in [6, 6.07) is 0. The van der Waals surface area contributed by atoms with Gasteiger partial charge < -0.3 is 10.6 Å². The zero-order chi connectivity index (χ0) is 11.8. The van der Waals surface area contributed by atoms with Gasteiger partial charge in [0.1, 0.15) is 4.60 Å². The van der Waals surface area contributed by atoms with Crippen molar-refractivity contribution >= 4 is 43.5 Å². The Labute approximate surface area is 117 Å². The molecular formula is C11H12Br2N4. The molecule has 90 valence electrons. The number of hydrogen-bond donors (Lipinski definition) is 2. The fourth-order valence-electron chi connectivity index (χ4n) is 2.21. The number of anilines is 1. The zero-order valence-corrected chi connectivity index (χ0v) is 12.4. The van der Waals surface area contributed by atoms with Crippen molar-refractivity contribution in [3.8, 4) is 0 Å². The first-order valence-electron chi connectivity index (χ1n) is 5.68. The maximum Gasteiger partial charge on any atom is 0.196 e. The second-order valence-corrected chi connectivity index (χ2v) is 5.70. The molecule has 1 aromatic rings. The monoisotopic (exact) mass is 358 g/mol. The molecule has 0 saturated heterocycles. The predicted octanol–water partition coefficient (Wildman–Crippen LogP) is 2.47. The summed E-state index contributed by atoms with van der Waals surface area (Å²) in [6.07, 6.45) is 3.37. The number of aryl methyl sites for hydroxylation is 1. The van der Waals surface area contributed by atoms with Gasteiger partial charge in [0, 0.05) is 16.7 Å². The van der Waals surface area contributed by atoms with Gasteiger partial charge in [0.2, 0.25) is 0 Å². The third kappa shape index (κ3) is 2.08. The van der Waals surface area contributed by atoms with Gasteiger partial charge in [-0.05, 0) is 56.7 Å². The zero-order valence-electron chi connectivity index (χ0n) is 9.19. The van der Waals surface area contributed by atoms with Gasteiger partial charge in [0.05, 0.1) is 12.2 Å². The highest BCUT2D eigenvalue weighted by molar-refractivity contribution is 9.11. The van der Waals surface area contributed by atoms with E-state index in [9.17, 15) is 0 Å². The lowest BCUT2D eigenvalue weighted by Crippen LogP contribution is -2.26. The number of nitrogens with zero attached hydrogens (tertiary/aromatic N) is 2. The van der Waals surface area contributed by atoms with Crippen LogP contribution in [0.3, 0.4) is 0 Å². The molecule has 4 nitrogen and oxygen atoms in total. The summed E-state index contributed by atoms with van der Waals surface area (Å²) < 4.78 is 1.96. The molecule has 6 heteroatoms. The average Bonchev–Trinajstić information content (AvgIpc) is 2.94. The summed E-state index contributed by atoms with van der Waals surface area (Å²) in [4.78, 5) is 8.93. The van der Waals surface area contributed by atoms with Crippen LogP contribution in [0, 0.1) is 0 Å². The lowest BCUT2D eigenvalue weighted by molar-refractivity contribution is 0.897. The molecule has 0 unspecified atom stereocenters. The summed E-state index contributed by atoms with van der Waals surface area (Å²) >= 11 is 7.20. The molecule has 0 fully saturated rings. The van der Waals surface area contributed by atoms with E-state index in [0.29, 0.717) is 0 Å². The minimum Gasteiger partial charge on any atom is -0.354 e. The number of nitrogens with one attached hydrogen (secondary N) is 2. The van der Waals surface area contributed by atoms with E-state index in [-0.39, 0.29) is 0 Å². The minimum atomic E-state index is 0.825. The molecule has 0 saturated carbocycles. The van der Waals surface area contributed by atoms with Gasteiger partial charge in [0.25, 0.3) is 0 Å². The molecule has 17 heavy (non-hydrogen) atoms. The van der Waals surface area contributed by atoms with E-state index >= 15 is 0 Å². The SMILES string of the molecule is Brc1nc2c(c(Br)c1NC1=NCCN1)CCC2. The van der Waals surface area contributed by atoms with Crippen molar-refractivity contribution in [1.29, 1.82) is 0 Å². The number of aromatic nitrogens is 1. The summed E-state index contributed by atoms with van der Waals surface area (Å²) in [7, 11) is 0. The van der Waals surface area contributed by atoms with Gasteiger partial charge in [-0.3, -0.25) is 4.99 Å². The predicted molar refractivity (Wildman–Crippen MR) is 75.6 cm³/mol. The largest absolute Gasteiger partial charge is 0.354 e. The van der Waals surface area contributed by atoms with Crippen LogP contribution in [0.2, 0.25) is 0 Å². The number of guanidine groups is 1. The molecule has 2 aliphatic rings. The number of aliphatic imine (C=N–C) groups is 1. The van der Waals surface area contributed by atoms with Crippen molar-refractivity contribution in [2.45, 2.75) is 19.3 Å². The van der Waals surface area contributed by atoms with Crippen molar-refractivity contribution in [3.05, 3.63) is 20.3 Å². The fourth-order valence-corrected chi connectivity index (χ4v) is 3.70. The smallest absolute Gasteiger partial charge is 0.196 e. The molecule has 1 aromatic heterocycles. The number of rotatable bonds is 1. The Kier molecular flexibility index (Phi) is 3.08. The Balaban J connectivity index is 1.98. The summed E-state index contributed by atoms with van der Waals surface area (Å²) in [5.74, 6) is 0.825. The van der Waals surface area contributed by atoms with Crippen LogP contribution in [0.15, 0.2) is 14.1 Å². The first-order valence-corrected chi connectivity index (χ1v) is 7.26. The van der Waals surface area contributed by atoms with Crippen molar-refractivity contribution in [2.24, 2.45) is 4.99 Å².